The first-order valence-electron chi connectivity index (χ1n) is 6.49. The molecule has 0 aliphatic carbocycles. The average molecular weight is 344 g/mol. The summed E-state index contributed by atoms with van der Waals surface area (Å²) in [6.07, 6.45) is 3.62. The van der Waals surface area contributed by atoms with Crippen LogP contribution in [-0.4, -0.2) is 26.6 Å². The number of hydrogen-bond acceptors (Lipinski definition) is 4. The molecule has 0 amide bonds. The van der Waals surface area contributed by atoms with E-state index in [0.29, 0.717) is 5.82 Å². The minimum atomic E-state index is 0.592. The lowest BCUT2D eigenvalue weighted by Gasteiger charge is -2.11. The number of imidazole rings is 1. The molecule has 6 heteroatoms. The number of aromatic nitrogens is 4. The molecular weight excluding hydrogens is 330 g/mol. The molecule has 0 aliphatic rings. The van der Waals surface area contributed by atoms with Gasteiger partial charge in [0.1, 0.15) is 5.82 Å². The first-order chi connectivity index (χ1) is 10.2. The minimum absolute atomic E-state index is 0.592. The Morgan fingerprint density at radius 3 is 2.52 bits per heavy atom. The lowest BCUT2D eigenvalue weighted by Crippen LogP contribution is -2.03. The molecule has 1 aromatic carbocycles. The van der Waals surface area contributed by atoms with Crippen molar-refractivity contribution in [2.75, 3.05) is 12.4 Å². The van der Waals surface area contributed by atoms with E-state index in [2.05, 4.69) is 36.2 Å². The van der Waals surface area contributed by atoms with Gasteiger partial charge in [0.2, 0.25) is 0 Å². The molecule has 0 fully saturated rings. The van der Waals surface area contributed by atoms with E-state index in [4.69, 9.17) is 0 Å². The standard InChI is InChI=1S/C15H14BrN5/c1-17-13-11(16)12(10-6-4-3-5-7-10)19-14(20-13)15-18-8-9-21(15)2/h3-9H,1-2H3,(H,17,19,20). The zero-order valence-corrected chi connectivity index (χ0v) is 13.3. The first-order valence-corrected chi connectivity index (χ1v) is 7.28. The quantitative estimate of drug-likeness (QED) is 0.792. The van der Waals surface area contributed by atoms with Crippen molar-refractivity contribution in [2.45, 2.75) is 0 Å². The number of benzene rings is 1. The van der Waals surface area contributed by atoms with Crippen LogP contribution in [0.2, 0.25) is 0 Å². The van der Waals surface area contributed by atoms with E-state index in [1.54, 1.807) is 6.20 Å². The van der Waals surface area contributed by atoms with Crippen molar-refractivity contribution >= 4 is 21.7 Å². The van der Waals surface area contributed by atoms with E-state index in [0.717, 1.165) is 27.4 Å². The molecule has 5 nitrogen and oxygen atoms in total. The SMILES string of the molecule is CNc1nc(-c2nccn2C)nc(-c2ccccc2)c1Br. The monoisotopic (exact) mass is 343 g/mol. The van der Waals surface area contributed by atoms with Gasteiger partial charge in [-0.2, -0.15) is 0 Å². The second kappa shape index (κ2) is 5.65. The molecule has 21 heavy (non-hydrogen) atoms. The molecule has 0 saturated carbocycles. The van der Waals surface area contributed by atoms with E-state index in [1.807, 2.05) is 55.2 Å². The number of nitrogens with zero attached hydrogens (tertiary/aromatic N) is 4. The van der Waals surface area contributed by atoms with Crippen molar-refractivity contribution in [2.24, 2.45) is 7.05 Å². The van der Waals surface area contributed by atoms with Gasteiger partial charge >= 0.3 is 0 Å². The van der Waals surface area contributed by atoms with E-state index in [9.17, 15) is 0 Å². The van der Waals surface area contributed by atoms with Gasteiger partial charge in [0.05, 0.1) is 10.2 Å². The highest BCUT2D eigenvalue weighted by Crippen LogP contribution is 2.33. The van der Waals surface area contributed by atoms with Gasteiger partial charge in [0.15, 0.2) is 11.6 Å². The summed E-state index contributed by atoms with van der Waals surface area (Å²) in [4.78, 5) is 13.5. The highest BCUT2D eigenvalue weighted by atomic mass is 79.9. The molecule has 0 saturated heterocycles. The van der Waals surface area contributed by atoms with Crippen LogP contribution in [0.1, 0.15) is 0 Å². The Morgan fingerprint density at radius 1 is 1.14 bits per heavy atom. The fraction of sp³-hybridized carbons (Fsp3) is 0.133. The second-order valence-corrected chi connectivity index (χ2v) is 5.33. The number of hydrogen-bond donors (Lipinski definition) is 1. The van der Waals surface area contributed by atoms with Crippen LogP contribution in [0.3, 0.4) is 0 Å². The van der Waals surface area contributed by atoms with E-state index < -0.39 is 0 Å². The second-order valence-electron chi connectivity index (χ2n) is 4.54. The third kappa shape index (κ3) is 2.54. The molecule has 0 bridgehead atoms. The van der Waals surface area contributed by atoms with Crippen LogP contribution in [0.5, 0.6) is 0 Å². The Labute approximate surface area is 131 Å². The molecule has 1 N–H and O–H groups in total. The smallest absolute Gasteiger partial charge is 0.198 e. The van der Waals surface area contributed by atoms with Gasteiger partial charge in [-0.25, -0.2) is 15.0 Å². The Kier molecular flexibility index (Phi) is 3.70. The molecule has 106 valence electrons. The Balaban J connectivity index is 2.23. The van der Waals surface area contributed by atoms with Crippen molar-refractivity contribution in [3.05, 3.63) is 47.2 Å². The minimum Gasteiger partial charge on any atom is -0.372 e. The van der Waals surface area contributed by atoms with Crippen molar-refractivity contribution in [3.63, 3.8) is 0 Å². The number of aryl methyl sites for hydroxylation is 1. The van der Waals surface area contributed by atoms with Gasteiger partial charge < -0.3 is 9.88 Å². The van der Waals surface area contributed by atoms with Gasteiger partial charge in [-0.05, 0) is 15.9 Å². The molecule has 0 radical (unpaired) electrons. The van der Waals surface area contributed by atoms with Crippen molar-refractivity contribution in [1.29, 1.82) is 0 Å². The zero-order chi connectivity index (χ0) is 14.8. The van der Waals surface area contributed by atoms with Crippen LogP contribution in [0.25, 0.3) is 22.9 Å². The fourth-order valence-electron chi connectivity index (χ4n) is 2.08. The molecule has 0 aliphatic heterocycles. The molecule has 3 rings (SSSR count). The maximum Gasteiger partial charge on any atom is 0.198 e. The third-order valence-corrected chi connectivity index (χ3v) is 3.91. The van der Waals surface area contributed by atoms with Crippen molar-refractivity contribution in [3.8, 4) is 22.9 Å². The van der Waals surface area contributed by atoms with Crippen LogP contribution in [0.4, 0.5) is 5.82 Å². The summed E-state index contributed by atoms with van der Waals surface area (Å²) in [5, 5.41) is 3.09. The van der Waals surface area contributed by atoms with Gasteiger partial charge in [-0.3, -0.25) is 0 Å². The van der Waals surface area contributed by atoms with Crippen molar-refractivity contribution < 1.29 is 0 Å². The number of rotatable bonds is 3. The molecule has 0 atom stereocenters. The molecule has 0 unspecified atom stereocenters. The maximum absolute atomic E-state index is 4.67. The predicted molar refractivity (Wildman–Crippen MR) is 86.9 cm³/mol. The van der Waals surface area contributed by atoms with Crippen LogP contribution in [0, 0.1) is 0 Å². The highest BCUT2D eigenvalue weighted by Gasteiger charge is 2.16. The molecule has 0 spiro atoms. The summed E-state index contributed by atoms with van der Waals surface area (Å²) >= 11 is 3.58. The van der Waals surface area contributed by atoms with Gasteiger partial charge in [0.25, 0.3) is 0 Å². The van der Waals surface area contributed by atoms with Gasteiger partial charge in [-0.1, -0.05) is 30.3 Å². The van der Waals surface area contributed by atoms with Gasteiger partial charge in [-0.15, -0.1) is 0 Å². The van der Waals surface area contributed by atoms with Crippen LogP contribution >= 0.6 is 15.9 Å². The predicted octanol–water partition coefficient (Wildman–Crippen LogP) is 3.35. The average Bonchev–Trinajstić information content (AvgIpc) is 2.94. The van der Waals surface area contributed by atoms with Crippen LogP contribution in [0.15, 0.2) is 47.2 Å². The van der Waals surface area contributed by atoms with Gasteiger partial charge in [0, 0.05) is 32.1 Å². The number of nitrogens with one attached hydrogen (secondary N) is 1. The largest absolute Gasteiger partial charge is 0.372 e. The third-order valence-electron chi connectivity index (χ3n) is 3.16. The topological polar surface area (TPSA) is 55.6 Å². The lowest BCUT2D eigenvalue weighted by molar-refractivity contribution is 0.906. The normalized spacial score (nSPS) is 10.6. The molecule has 3 aromatic rings. The maximum atomic E-state index is 4.67. The Morgan fingerprint density at radius 2 is 1.90 bits per heavy atom. The van der Waals surface area contributed by atoms with Crippen LogP contribution in [-0.2, 0) is 7.05 Å². The van der Waals surface area contributed by atoms with Crippen molar-refractivity contribution in [1.82, 2.24) is 19.5 Å². The molecule has 2 aromatic heterocycles. The molecule has 2 heterocycles. The lowest BCUT2D eigenvalue weighted by atomic mass is 10.1. The number of halogens is 1. The molecular formula is C15H14BrN5. The first kappa shape index (κ1) is 13.8. The summed E-state index contributed by atoms with van der Waals surface area (Å²) in [7, 11) is 3.76. The zero-order valence-electron chi connectivity index (χ0n) is 11.7. The fourth-order valence-corrected chi connectivity index (χ4v) is 2.69. The van der Waals surface area contributed by atoms with Crippen LogP contribution < -0.4 is 5.32 Å². The summed E-state index contributed by atoms with van der Waals surface area (Å²) in [6.45, 7) is 0. The summed E-state index contributed by atoms with van der Waals surface area (Å²) in [6, 6.07) is 10.0. The van der Waals surface area contributed by atoms with E-state index in [-0.39, 0.29) is 0 Å². The summed E-state index contributed by atoms with van der Waals surface area (Å²) in [5.74, 6) is 2.06. The number of anilines is 1. The Bertz CT molecular complexity index is 767. The summed E-state index contributed by atoms with van der Waals surface area (Å²) < 4.78 is 2.74. The van der Waals surface area contributed by atoms with E-state index >= 15 is 0 Å². The Hall–Kier alpha value is -2.21. The highest BCUT2D eigenvalue weighted by molar-refractivity contribution is 9.10. The van der Waals surface area contributed by atoms with E-state index in [1.165, 1.54) is 0 Å². The summed E-state index contributed by atoms with van der Waals surface area (Å²) in [5.41, 5.74) is 1.87.